The maximum Gasteiger partial charge on any atom is 0.348 e. The lowest BCUT2D eigenvalue weighted by atomic mass is 9.82. The van der Waals surface area contributed by atoms with E-state index in [1.165, 1.54) is 4.31 Å². The summed E-state index contributed by atoms with van der Waals surface area (Å²) in [6, 6.07) is 1.38. The number of hydrogen-bond acceptors (Lipinski definition) is 7. The number of sulfonamides is 1. The largest absolute Gasteiger partial charge is 0.477 e. The summed E-state index contributed by atoms with van der Waals surface area (Å²) in [7, 11) is -3.83. The lowest BCUT2D eigenvalue weighted by Crippen LogP contribution is -2.51. The first-order chi connectivity index (χ1) is 17.9. The predicted octanol–water partition coefficient (Wildman–Crippen LogP) is 3.97. The van der Waals surface area contributed by atoms with Gasteiger partial charge in [0, 0.05) is 30.5 Å². The summed E-state index contributed by atoms with van der Waals surface area (Å²) in [5, 5.41) is 15.9. The van der Waals surface area contributed by atoms with Gasteiger partial charge in [-0.25, -0.2) is 23.3 Å². The van der Waals surface area contributed by atoms with Crippen molar-refractivity contribution < 1.29 is 23.1 Å². The van der Waals surface area contributed by atoms with E-state index in [2.05, 4.69) is 33.9 Å². The van der Waals surface area contributed by atoms with Crippen molar-refractivity contribution in [1.29, 1.82) is 0 Å². The lowest BCUT2D eigenvalue weighted by molar-refractivity contribution is -0.124. The van der Waals surface area contributed by atoms with Crippen LogP contribution in [0.2, 0.25) is 0 Å². The van der Waals surface area contributed by atoms with Crippen LogP contribution in [0.15, 0.2) is 17.6 Å². The summed E-state index contributed by atoms with van der Waals surface area (Å²) in [6.45, 7) is 8.49. The van der Waals surface area contributed by atoms with Crippen LogP contribution < -0.4 is 4.90 Å². The Hall–Kier alpha value is -2.75. The van der Waals surface area contributed by atoms with Crippen LogP contribution in [0.4, 0.5) is 5.69 Å². The summed E-state index contributed by atoms with van der Waals surface area (Å²) >= 11 is 1.08. The van der Waals surface area contributed by atoms with Crippen molar-refractivity contribution in [1.82, 2.24) is 19.5 Å². The maximum atomic E-state index is 14.0. The average Bonchev–Trinajstić information content (AvgIpc) is 3.55. The predicted molar refractivity (Wildman–Crippen MR) is 144 cm³/mol. The van der Waals surface area contributed by atoms with Gasteiger partial charge in [0.25, 0.3) is 15.2 Å². The van der Waals surface area contributed by atoms with Gasteiger partial charge in [0.2, 0.25) is 5.91 Å². The molecular formula is C26H35N5O5S2. The third-order valence-electron chi connectivity index (χ3n) is 7.10. The molecule has 0 atom stereocenters. The molecule has 206 valence electrons. The van der Waals surface area contributed by atoms with Crippen molar-refractivity contribution >= 4 is 38.9 Å². The van der Waals surface area contributed by atoms with Crippen molar-refractivity contribution in [3.8, 4) is 11.8 Å². The molecule has 4 rings (SSSR count). The topological polar surface area (TPSA) is 137 Å². The molecule has 2 aliphatic rings. The lowest BCUT2D eigenvalue weighted by Gasteiger charge is -2.40. The van der Waals surface area contributed by atoms with Crippen molar-refractivity contribution in [2.45, 2.75) is 77.4 Å². The number of aromatic carboxylic acids is 1. The SMILES string of the molecule is CC1CCC(C(=O)N(c2cc(C#CC(C)(C)C)sc2C(=O)O)C2CCN(S(=O)(=O)c3ncn[nH]3)CC2)CC1. The van der Waals surface area contributed by atoms with Gasteiger partial charge in [-0.05, 0) is 71.3 Å². The number of thiophene rings is 1. The molecule has 12 heteroatoms. The van der Waals surface area contributed by atoms with Gasteiger partial charge in [0.05, 0.1) is 10.6 Å². The van der Waals surface area contributed by atoms with E-state index in [9.17, 15) is 23.1 Å². The van der Waals surface area contributed by atoms with Crippen LogP contribution in [0.1, 0.15) is 80.8 Å². The number of aromatic nitrogens is 3. The summed E-state index contributed by atoms with van der Waals surface area (Å²) in [5.74, 6) is 5.43. The number of carboxylic acid groups (broad SMARTS) is 1. The molecule has 38 heavy (non-hydrogen) atoms. The minimum atomic E-state index is -3.83. The van der Waals surface area contributed by atoms with Crippen molar-refractivity contribution in [2.75, 3.05) is 18.0 Å². The number of nitrogens with one attached hydrogen (secondary N) is 1. The Balaban J connectivity index is 1.66. The minimum Gasteiger partial charge on any atom is -0.477 e. The molecule has 1 saturated heterocycles. The van der Waals surface area contributed by atoms with E-state index in [0.29, 0.717) is 29.3 Å². The Morgan fingerprint density at radius 1 is 1.16 bits per heavy atom. The van der Waals surface area contributed by atoms with E-state index in [-0.39, 0.29) is 46.4 Å². The quantitative estimate of drug-likeness (QED) is 0.509. The molecule has 2 N–H and O–H groups in total. The summed E-state index contributed by atoms with van der Waals surface area (Å²) in [4.78, 5) is 32.4. The highest BCUT2D eigenvalue weighted by Crippen LogP contribution is 2.38. The van der Waals surface area contributed by atoms with Gasteiger partial charge < -0.3 is 10.0 Å². The number of rotatable bonds is 6. The smallest absolute Gasteiger partial charge is 0.348 e. The molecule has 1 amide bonds. The van der Waals surface area contributed by atoms with Gasteiger partial charge in [-0.15, -0.1) is 11.3 Å². The number of nitrogens with zero attached hydrogens (tertiary/aromatic N) is 4. The molecule has 0 spiro atoms. The molecule has 0 unspecified atom stereocenters. The molecule has 0 radical (unpaired) electrons. The van der Waals surface area contributed by atoms with E-state index < -0.39 is 16.0 Å². The number of anilines is 1. The zero-order valence-electron chi connectivity index (χ0n) is 22.2. The van der Waals surface area contributed by atoms with Gasteiger partial charge >= 0.3 is 5.97 Å². The van der Waals surface area contributed by atoms with Gasteiger partial charge in [0.1, 0.15) is 11.2 Å². The number of hydrogen-bond donors (Lipinski definition) is 2. The third kappa shape index (κ3) is 6.27. The second kappa shape index (κ2) is 11.2. The highest BCUT2D eigenvalue weighted by atomic mass is 32.2. The summed E-state index contributed by atoms with van der Waals surface area (Å²) < 4.78 is 27.2. The Labute approximate surface area is 227 Å². The number of piperidine rings is 1. The molecule has 3 heterocycles. The normalized spacial score (nSPS) is 21.5. The highest BCUT2D eigenvalue weighted by Gasteiger charge is 2.39. The standard InChI is InChI=1S/C26H35N5O5S2/c1-17-5-7-18(8-6-17)23(32)31(21-15-20(9-12-26(2,3)4)37-22(21)24(33)34)19-10-13-30(14-11-19)38(35,36)25-27-16-28-29-25/h15-19H,5-8,10-11,13-14H2,1-4H3,(H,33,34)(H,27,28,29). The molecule has 0 bridgehead atoms. The number of carbonyl (C=O) groups is 2. The van der Waals surface area contributed by atoms with E-state index in [1.807, 2.05) is 20.8 Å². The Kier molecular flexibility index (Phi) is 8.30. The highest BCUT2D eigenvalue weighted by molar-refractivity contribution is 7.88. The number of carboxylic acids is 1. The maximum absolute atomic E-state index is 14.0. The molecule has 1 saturated carbocycles. The summed E-state index contributed by atoms with van der Waals surface area (Å²) in [5.41, 5.74) is 0.102. The van der Waals surface area contributed by atoms with Crippen LogP contribution in [0.5, 0.6) is 0 Å². The minimum absolute atomic E-state index is 0.0796. The second-order valence-corrected chi connectivity index (χ2v) is 14.1. The fourth-order valence-electron chi connectivity index (χ4n) is 5.00. The molecule has 1 aliphatic heterocycles. The van der Waals surface area contributed by atoms with Crippen LogP contribution in [-0.2, 0) is 14.8 Å². The first kappa shape index (κ1) is 28.3. The molecule has 2 aromatic heterocycles. The monoisotopic (exact) mass is 561 g/mol. The van der Waals surface area contributed by atoms with Gasteiger partial charge in [-0.1, -0.05) is 18.8 Å². The second-order valence-electron chi connectivity index (χ2n) is 11.2. The van der Waals surface area contributed by atoms with E-state index >= 15 is 0 Å². The van der Waals surface area contributed by atoms with Crippen molar-refractivity contribution in [2.24, 2.45) is 17.3 Å². The Bertz CT molecular complexity index is 1320. The van der Waals surface area contributed by atoms with E-state index in [0.717, 1.165) is 43.3 Å². The fourth-order valence-corrected chi connectivity index (χ4v) is 7.13. The first-order valence-electron chi connectivity index (χ1n) is 13.0. The van der Waals surface area contributed by atoms with Gasteiger partial charge in [0.15, 0.2) is 0 Å². The van der Waals surface area contributed by atoms with Crippen LogP contribution >= 0.6 is 11.3 Å². The van der Waals surface area contributed by atoms with Crippen molar-refractivity contribution in [3.63, 3.8) is 0 Å². The molecule has 2 aromatic rings. The third-order valence-corrected chi connectivity index (χ3v) is 9.85. The zero-order chi connectivity index (χ0) is 27.7. The van der Waals surface area contributed by atoms with Crippen molar-refractivity contribution in [3.05, 3.63) is 22.1 Å². The molecule has 1 aliphatic carbocycles. The summed E-state index contributed by atoms with van der Waals surface area (Å²) in [6.07, 6.45) is 5.33. The number of amides is 1. The average molecular weight is 562 g/mol. The Morgan fingerprint density at radius 3 is 2.37 bits per heavy atom. The first-order valence-corrected chi connectivity index (χ1v) is 15.2. The fraction of sp³-hybridized carbons (Fsp3) is 0.615. The number of H-pyrrole nitrogens is 1. The van der Waals surface area contributed by atoms with E-state index in [4.69, 9.17) is 0 Å². The van der Waals surface area contributed by atoms with Gasteiger partial charge in [-0.3, -0.25) is 4.79 Å². The molecule has 2 fully saturated rings. The molecule has 0 aromatic carbocycles. The number of carbonyl (C=O) groups excluding carboxylic acids is 1. The Morgan fingerprint density at radius 2 is 1.82 bits per heavy atom. The van der Waals surface area contributed by atoms with Crippen LogP contribution in [0.3, 0.4) is 0 Å². The van der Waals surface area contributed by atoms with E-state index in [1.54, 1.807) is 11.0 Å². The van der Waals surface area contributed by atoms with Crippen LogP contribution in [0, 0.1) is 29.1 Å². The molecular weight excluding hydrogens is 526 g/mol. The molecule has 10 nitrogen and oxygen atoms in total. The number of aromatic amines is 1. The van der Waals surface area contributed by atoms with Crippen LogP contribution in [0.25, 0.3) is 0 Å². The van der Waals surface area contributed by atoms with Crippen LogP contribution in [-0.4, -0.2) is 64.0 Å². The zero-order valence-corrected chi connectivity index (χ0v) is 23.9. The van der Waals surface area contributed by atoms with Gasteiger partial charge in [-0.2, -0.15) is 9.40 Å².